The molecule has 10 heteroatoms. The fraction of sp³-hybridized carbons (Fsp3) is 0.227. The quantitative estimate of drug-likeness (QED) is 0.370. The molecule has 0 atom stereocenters. The van der Waals surface area contributed by atoms with Crippen LogP contribution in [0.5, 0.6) is 5.75 Å². The predicted octanol–water partition coefficient (Wildman–Crippen LogP) is 5.40. The molecule has 0 radical (unpaired) electrons. The van der Waals surface area contributed by atoms with Crippen molar-refractivity contribution < 1.29 is 36.2 Å². The molecule has 3 rings (SSSR count). The molecule has 1 aromatic heterocycles. The summed E-state index contributed by atoms with van der Waals surface area (Å²) in [6.07, 6.45) is -4.87. The largest absolute Gasteiger partial charge is 0.573 e. The molecule has 0 aliphatic carbocycles. The average molecular weight is 452 g/mol. The van der Waals surface area contributed by atoms with E-state index in [-0.39, 0.29) is 35.8 Å². The highest BCUT2D eigenvalue weighted by Gasteiger charge is 2.31. The second kappa shape index (κ2) is 9.29. The van der Waals surface area contributed by atoms with E-state index >= 15 is 0 Å². The minimum absolute atomic E-state index is 0.0166. The highest BCUT2D eigenvalue weighted by Crippen LogP contribution is 2.27. The predicted molar refractivity (Wildman–Crippen MR) is 104 cm³/mol. The number of halogens is 5. The van der Waals surface area contributed by atoms with Crippen molar-refractivity contribution in [1.82, 2.24) is 9.97 Å². The third-order valence-corrected chi connectivity index (χ3v) is 4.36. The number of hydrogen-bond donors (Lipinski definition) is 0. The van der Waals surface area contributed by atoms with Gasteiger partial charge >= 0.3 is 12.3 Å². The second-order valence-electron chi connectivity index (χ2n) is 6.64. The summed E-state index contributed by atoms with van der Waals surface area (Å²) in [5.41, 5.74) is 0.286. The number of nitrogens with zero attached hydrogens (tertiary/aromatic N) is 2. The van der Waals surface area contributed by atoms with Gasteiger partial charge in [0.15, 0.2) is 5.82 Å². The van der Waals surface area contributed by atoms with Gasteiger partial charge in [-0.2, -0.15) is 0 Å². The number of esters is 1. The Hall–Kier alpha value is -3.56. The van der Waals surface area contributed by atoms with Crippen LogP contribution in [0.1, 0.15) is 34.2 Å². The third kappa shape index (κ3) is 5.37. The first-order valence-corrected chi connectivity index (χ1v) is 9.42. The number of ether oxygens (including phenoxy) is 2. The van der Waals surface area contributed by atoms with Crippen LogP contribution in [-0.2, 0) is 11.2 Å². The molecular weight excluding hydrogens is 435 g/mol. The smallest absolute Gasteiger partial charge is 0.462 e. The minimum atomic E-state index is -4.83. The summed E-state index contributed by atoms with van der Waals surface area (Å²) in [6, 6.07) is 8.23. The molecule has 3 aromatic rings. The van der Waals surface area contributed by atoms with E-state index in [4.69, 9.17) is 4.74 Å². The first-order valence-electron chi connectivity index (χ1n) is 9.42. The maximum absolute atomic E-state index is 14.3. The normalized spacial score (nSPS) is 11.3. The Morgan fingerprint density at radius 2 is 1.62 bits per heavy atom. The molecule has 1 heterocycles. The van der Waals surface area contributed by atoms with Crippen molar-refractivity contribution in [2.45, 2.75) is 26.6 Å². The van der Waals surface area contributed by atoms with Gasteiger partial charge in [0.2, 0.25) is 0 Å². The minimum Gasteiger partial charge on any atom is -0.462 e. The van der Waals surface area contributed by atoms with Crippen molar-refractivity contribution in [3.63, 3.8) is 0 Å². The Kier molecular flexibility index (Phi) is 6.71. The molecule has 0 amide bonds. The lowest BCUT2D eigenvalue weighted by Gasteiger charge is -2.14. The van der Waals surface area contributed by atoms with Crippen molar-refractivity contribution in [1.29, 1.82) is 0 Å². The first-order chi connectivity index (χ1) is 15.1. The van der Waals surface area contributed by atoms with E-state index in [0.29, 0.717) is 5.56 Å². The van der Waals surface area contributed by atoms with Crippen molar-refractivity contribution in [2.75, 3.05) is 6.61 Å². The van der Waals surface area contributed by atoms with Crippen LogP contribution in [-0.4, -0.2) is 28.9 Å². The Balaban J connectivity index is 2.05. The molecule has 0 unspecified atom stereocenters. The number of aryl methyl sites for hydroxylation is 1. The van der Waals surface area contributed by atoms with Gasteiger partial charge in [-0.1, -0.05) is 18.2 Å². The van der Waals surface area contributed by atoms with E-state index in [0.717, 1.165) is 24.3 Å². The van der Waals surface area contributed by atoms with Crippen molar-refractivity contribution in [3.05, 3.63) is 76.6 Å². The second-order valence-corrected chi connectivity index (χ2v) is 6.64. The molecule has 0 aliphatic heterocycles. The summed E-state index contributed by atoms with van der Waals surface area (Å²) in [5.74, 6) is -3.17. The SMILES string of the molecule is CCOC(=O)c1c(C)nc(-c2c(F)cccc2F)nc1Cc1ccc(OC(F)(F)F)cc1. The first kappa shape index (κ1) is 23.1. The summed E-state index contributed by atoms with van der Waals surface area (Å²) < 4.78 is 74.5. The molecule has 0 saturated carbocycles. The molecule has 0 aliphatic rings. The lowest BCUT2D eigenvalue weighted by molar-refractivity contribution is -0.274. The third-order valence-electron chi connectivity index (χ3n) is 4.36. The lowest BCUT2D eigenvalue weighted by atomic mass is 10.0. The molecule has 5 nitrogen and oxygen atoms in total. The fourth-order valence-electron chi connectivity index (χ4n) is 3.05. The number of benzene rings is 2. The maximum Gasteiger partial charge on any atom is 0.573 e. The van der Waals surface area contributed by atoms with Crippen LogP contribution in [0.4, 0.5) is 22.0 Å². The number of carbonyl (C=O) groups excluding carboxylic acids is 1. The van der Waals surface area contributed by atoms with Gasteiger partial charge in [0.25, 0.3) is 0 Å². The topological polar surface area (TPSA) is 61.3 Å². The van der Waals surface area contributed by atoms with E-state index in [1.54, 1.807) is 6.92 Å². The summed E-state index contributed by atoms with van der Waals surface area (Å²) in [6.45, 7) is 3.15. The van der Waals surface area contributed by atoms with Gasteiger partial charge in [0.1, 0.15) is 22.9 Å². The van der Waals surface area contributed by atoms with Crippen LogP contribution in [0.25, 0.3) is 11.4 Å². The van der Waals surface area contributed by atoms with Crippen molar-refractivity contribution in [3.8, 4) is 17.1 Å². The monoisotopic (exact) mass is 452 g/mol. The molecule has 0 spiro atoms. The molecular formula is C22H17F5N2O3. The van der Waals surface area contributed by atoms with Gasteiger partial charge < -0.3 is 9.47 Å². The standard InChI is InChI=1S/C22H17F5N2O3/c1-3-31-21(30)18-12(2)28-20(19-15(23)5-4-6-16(19)24)29-17(18)11-13-7-9-14(10-8-13)32-22(25,26)27/h4-10H,3,11H2,1-2H3. The molecule has 0 fully saturated rings. The zero-order valence-electron chi connectivity index (χ0n) is 17.0. The Morgan fingerprint density at radius 1 is 1.00 bits per heavy atom. The average Bonchev–Trinajstić information content (AvgIpc) is 2.68. The number of hydrogen-bond acceptors (Lipinski definition) is 5. The number of carbonyl (C=O) groups is 1. The van der Waals surface area contributed by atoms with Gasteiger partial charge in [0, 0.05) is 6.42 Å². The van der Waals surface area contributed by atoms with Crippen LogP contribution in [0.3, 0.4) is 0 Å². The molecule has 0 N–H and O–H groups in total. The Labute approximate surface area is 179 Å². The summed E-state index contributed by atoms with van der Waals surface area (Å²) >= 11 is 0. The van der Waals surface area contributed by atoms with Gasteiger partial charge in [-0.15, -0.1) is 13.2 Å². The molecule has 32 heavy (non-hydrogen) atoms. The molecule has 0 saturated heterocycles. The van der Waals surface area contributed by atoms with Crippen LogP contribution in [0.2, 0.25) is 0 Å². The van der Waals surface area contributed by atoms with Gasteiger partial charge in [0.05, 0.1) is 23.6 Å². The van der Waals surface area contributed by atoms with Gasteiger partial charge in [-0.3, -0.25) is 0 Å². The number of aromatic nitrogens is 2. The fourth-order valence-corrected chi connectivity index (χ4v) is 3.05. The van der Waals surface area contributed by atoms with E-state index < -0.39 is 35.3 Å². The van der Waals surface area contributed by atoms with Crippen LogP contribution >= 0.6 is 0 Å². The summed E-state index contributed by atoms with van der Waals surface area (Å²) in [5, 5.41) is 0. The van der Waals surface area contributed by atoms with E-state index in [1.807, 2.05) is 0 Å². The van der Waals surface area contributed by atoms with Crippen molar-refractivity contribution >= 4 is 5.97 Å². The highest BCUT2D eigenvalue weighted by atomic mass is 19.4. The maximum atomic E-state index is 14.3. The van der Waals surface area contributed by atoms with Gasteiger partial charge in [-0.05, 0) is 43.7 Å². The summed E-state index contributed by atoms with van der Waals surface area (Å²) in [7, 11) is 0. The van der Waals surface area contributed by atoms with Crippen LogP contribution in [0, 0.1) is 18.6 Å². The zero-order chi connectivity index (χ0) is 23.5. The summed E-state index contributed by atoms with van der Waals surface area (Å²) in [4.78, 5) is 20.8. The van der Waals surface area contributed by atoms with Gasteiger partial charge in [-0.25, -0.2) is 23.5 Å². The highest BCUT2D eigenvalue weighted by molar-refractivity contribution is 5.92. The molecule has 168 valence electrons. The Morgan fingerprint density at radius 3 is 2.19 bits per heavy atom. The molecule has 0 bridgehead atoms. The zero-order valence-corrected chi connectivity index (χ0v) is 17.0. The lowest BCUT2D eigenvalue weighted by Crippen LogP contribution is -2.17. The van der Waals surface area contributed by atoms with E-state index in [9.17, 15) is 26.7 Å². The van der Waals surface area contributed by atoms with Crippen LogP contribution < -0.4 is 4.74 Å². The number of rotatable bonds is 6. The van der Waals surface area contributed by atoms with E-state index in [2.05, 4.69) is 14.7 Å². The van der Waals surface area contributed by atoms with Crippen molar-refractivity contribution in [2.24, 2.45) is 0 Å². The molecule has 2 aromatic carbocycles. The number of alkyl halides is 3. The van der Waals surface area contributed by atoms with Crippen LogP contribution in [0.15, 0.2) is 42.5 Å². The Bertz CT molecular complexity index is 1110. The van der Waals surface area contributed by atoms with E-state index in [1.165, 1.54) is 25.1 Å².